The normalized spacial score (nSPS) is 11.5. The van der Waals surface area contributed by atoms with E-state index in [0.717, 1.165) is 6.67 Å². The highest BCUT2D eigenvalue weighted by molar-refractivity contribution is 4.52. The lowest BCUT2D eigenvalue weighted by molar-refractivity contribution is 0.306. The van der Waals surface area contributed by atoms with E-state index in [9.17, 15) is 0 Å². The number of hydrogen-bond acceptors (Lipinski definition) is 2. The molecule has 0 saturated carbocycles. The molecule has 0 unspecified atom stereocenters. The van der Waals surface area contributed by atoms with Gasteiger partial charge in [-0.15, -0.1) is 0 Å². The van der Waals surface area contributed by atoms with Crippen LogP contribution in [0.5, 0.6) is 0 Å². The molecule has 0 rings (SSSR count). The van der Waals surface area contributed by atoms with Gasteiger partial charge in [-0.1, -0.05) is 97.3 Å². The second-order valence-corrected chi connectivity index (χ2v) is 7.33. The summed E-state index contributed by atoms with van der Waals surface area (Å²) in [6.45, 7) is 7.97. The summed E-state index contributed by atoms with van der Waals surface area (Å²) >= 11 is 0. The molecular weight excluding hydrogens is 280 g/mol. The molecule has 0 spiro atoms. The van der Waals surface area contributed by atoms with Gasteiger partial charge < -0.3 is 5.32 Å². The minimum Gasteiger partial charge on any atom is -0.304 e. The van der Waals surface area contributed by atoms with Gasteiger partial charge in [0.25, 0.3) is 0 Å². The smallest absolute Gasteiger partial charge is 0.0477 e. The first-order valence-corrected chi connectivity index (χ1v) is 10.7. The predicted molar refractivity (Wildman–Crippen MR) is 106 cm³/mol. The van der Waals surface area contributed by atoms with Crippen LogP contribution in [0.1, 0.15) is 110 Å². The van der Waals surface area contributed by atoms with Crippen molar-refractivity contribution >= 4 is 0 Å². The summed E-state index contributed by atoms with van der Waals surface area (Å²) in [4.78, 5) is 2.36. The molecule has 140 valence electrons. The maximum atomic E-state index is 3.54. The third-order valence-corrected chi connectivity index (χ3v) is 4.69. The maximum absolute atomic E-state index is 3.54. The average molecular weight is 327 g/mol. The summed E-state index contributed by atoms with van der Waals surface area (Å²) in [6, 6.07) is 0. The van der Waals surface area contributed by atoms with Crippen LogP contribution in [0, 0.1) is 0 Å². The van der Waals surface area contributed by atoms with E-state index in [1.54, 1.807) is 0 Å². The molecule has 0 aromatic rings. The van der Waals surface area contributed by atoms with Gasteiger partial charge in [0.15, 0.2) is 0 Å². The summed E-state index contributed by atoms with van der Waals surface area (Å²) in [6.07, 6.45) is 21.4. The lowest BCUT2D eigenvalue weighted by Gasteiger charge is -2.16. The summed E-state index contributed by atoms with van der Waals surface area (Å²) in [7, 11) is 2.20. The molecule has 0 bridgehead atoms. The Bertz CT molecular complexity index is 206. The summed E-state index contributed by atoms with van der Waals surface area (Å²) in [5.74, 6) is 0. The van der Waals surface area contributed by atoms with Crippen LogP contribution >= 0.6 is 0 Å². The first-order valence-electron chi connectivity index (χ1n) is 10.7. The van der Waals surface area contributed by atoms with Crippen LogP contribution in [-0.4, -0.2) is 31.7 Å². The monoisotopic (exact) mass is 326 g/mol. The van der Waals surface area contributed by atoms with Crippen molar-refractivity contribution < 1.29 is 0 Å². The Hall–Kier alpha value is -0.0800. The summed E-state index contributed by atoms with van der Waals surface area (Å²) < 4.78 is 0. The number of hydrogen-bond donors (Lipinski definition) is 1. The van der Waals surface area contributed by atoms with E-state index in [1.165, 1.54) is 109 Å². The minimum atomic E-state index is 1.05. The van der Waals surface area contributed by atoms with Gasteiger partial charge >= 0.3 is 0 Å². The zero-order valence-corrected chi connectivity index (χ0v) is 16.7. The van der Waals surface area contributed by atoms with E-state index < -0.39 is 0 Å². The molecule has 2 heteroatoms. The fourth-order valence-corrected chi connectivity index (χ4v) is 3.18. The van der Waals surface area contributed by atoms with Crippen LogP contribution in [0.2, 0.25) is 0 Å². The Kier molecular flexibility index (Phi) is 19.9. The molecule has 0 radical (unpaired) electrons. The van der Waals surface area contributed by atoms with E-state index in [-0.39, 0.29) is 0 Å². The Labute approximate surface area is 147 Å². The van der Waals surface area contributed by atoms with Crippen molar-refractivity contribution in [2.75, 3.05) is 26.8 Å². The molecule has 0 amide bonds. The number of rotatable bonds is 19. The van der Waals surface area contributed by atoms with Crippen molar-refractivity contribution in [1.29, 1.82) is 0 Å². The van der Waals surface area contributed by atoms with Gasteiger partial charge in [-0.2, -0.15) is 0 Å². The summed E-state index contributed by atoms with van der Waals surface area (Å²) in [5, 5.41) is 3.54. The minimum absolute atomic E-state index is 1.05. The number of unbranched alkanes of at least 4 members (excludes halogenated alkanes) is 13. The average Bonchev–Trinajstić information content (AvgIpc) is 2.54. The zero-order valence-electron chi connectivity index (χ0n) is 16.7. The SMILES string of the molecule is CCCCCCCCCCCCCCCCNCN(C)CCC. The van der Waals surface area contributed by atoms with Crippen LogP contribution in [-0.2, 0) is 0 Å². The summed E-state index contributed by atoms with van der Waals surface area (Å²) in [5.41, 5.74) is 0. The van der Waals surface area contributed by atoms with Crippen LogP contribution < -0.4 is 5.32 Å². The molecule has 0 atom stereocenters. The molecule has 23 heavy (non-hydrogen) atoms. The Morgan fingerprint density at radius 2 is 1.00 bits per heavy atom. The van der Waals surface area contributed by atoms with Crippen molar-refractivity contribution in [3.63, 3.8) is 0 Å². The molecule has 0 heterocycles. The van der Waals surface area contributed by atoms with Gasteiger partial charge in [-0.3, -0.25) is 4.90 Å². The van der Waals surface area contributed by atoms with E-state index in [2.05, 4.69) is 31.1 Å². The molecule has 0 fully saturated rings. The van der Waals surface area contributed by atoms with E-state index in [0.29, 0.717) is 0 Å². The highest BCUT2D eigenvalue weighted by Crippen LogP contribution is 2.12. The lowest BCUT2D eigenvalue weighted by atomic mass is 10.0. The van der Waals surface area contributed by atoms with Gasteiger partial charge in [-0.25, -0.2) is 0 Å². The van der Waals surface area contributed by atoms with Crippen LogP contribution in [0.15, 0.2) is 0 Å². The third-order valence-electron chi connectivity index (χ3n) is 4.69. The predicted octanol–water partition coefficient (Wildman–Crippen LogP) is 6.36. The molecule has 0 aliphatic carbocycles. The zero-order chi connectivity index (χ0) is 17.0. The molecule has 0 aliphatic rings. The molecule has 0 aliphatic heterocycles. The van der Waals surface area contributed by atoms with Gasteiger partial charge in [-0.05, 0) is 33.0 Å². The van der Waals surface area contributed by atoms with E-state index in [4.69, 9.17) is 0 Å². The fourth-order valence-electron chi connectivity index (χ4n) is 3.18. The van der Waals surface area contributed by atoms with Gasteiger partial charge in [0, 0.05) is 6.67 Å². The van der Waals surface area contributed by atoms with Crippen molar-refractivity contribution in [2.24, 2.45) is 0 Å². The molecule has 0 saturated heterocycles. The van der Waals surface area contributed by atoms with Crippen LogP contribution in [0.4, 0.5) is 0 Å². The fraction of sp³-hybridized carbons (Fsp3) is 1.00. The molecule has 2 nitrogen and oxygen atoms in total. The first kappa shape index (κ1) is 22.9. The topological polar surface area (TPSA) is 15.3 Å². The highest BCUT2D eigenvalue weighted by atomic mass is 15.2. The Balaban J connectivity index is 3.00. The van der Waals surface area contributed by atoms with Crippen molar-refractivity contribution in [3.05, 3.63) is 0 Å². The quantitative estimate of drug-likeness (QED) is 0.219. The molecule has 1 N–H and O–H groups in total. The van der Waals surface area contributed by atoms with E-state index in [1.807, 2.05) is 0 Å². The number of nitrogens with one attached hydrogen (secondary N) is 1. The van der Waals surface area contributed by atoms with Crippen molar-refractivity contribution in [3.8, 4) is 0 Å². The standard InChI is InChI=1S/C21H46N2/c1-4-6-7-8-9-10-11-12-13-14-15-16-17-18-19-22-21-23(3)20-5-2/h22H,4-21H2,1-3H3. The lowest BCUT2D eigenvalue weighted by Crippen LogP contribution is -2.32. The van der Waals surface area contributed by atoms with Crippen molar-refractivity contribution in [2.45, 2.75) is 110 Å². The molecule has 0 aromatic heterocycles. The van der Waals surface area contributed by atoms with Gasteiger partial charge in [0.05, 0.1) is 0 Å². The maximum Gasteiger partial charge on any atom is 0.0477 e. The molecule has 0 aromatic carbocycles. The van der Waals surface area contributed by atoms with Crippen molar-refractivity contribution in [1.82, 2.24) is 10.2 Å². The number of nitrogens with zero attached hydrogens (tertiary/aromatic N) is 1. The van der Waals surface area contributed by atoms with Crippen LogP contribution in [0.3, 0.4) is 0 Å². The largest absolute Gasteiger partial charge is 0.304 e. The third kappa shape index (κ3) is 19.9. The Morgan fingerprint density at radius 3 is 1.43 bits per heavy atom. The first-order chi connectivity index (χ1) is 11.3. The second kappa shape index (κ2) is 20.0. The molecular formula is C21H46N2. The van der Waals surface area contributed by atoms with Crippen LogP contribution in [0.25, 0.3) is 0 Å². The Morgan fingerprint density at radius 1 is 0.565 bits per heavy atom. The second-order valence-electron chi connectivity index (χ2n) is 7.33. The van der Waals surface area contributed by atoms with Gasteiger partial charge in [0.1, 0.15) is 0 Å². The van der Waals surface area contributed by atoms with E-state index >= 15 is 0 Å². The highest BCUT2D eigenvalue weighted by Gasteiger charge is 1.96. The van der Waals surface area contributed by atoms with Gasteiger partial charge in [0.2, 0.25) is 0 Å².